The number of amides is 1. The number of rotatable bonds is 2. The summed E-state index contributed by atoms with van der Waals surface area (Å²) < 4.78 is 39.6. The highest BCUT2D eigenvalue weighted by molar-refractivity contribution is 5.94. The second-order valence-electron chi connectivity index (χ2n) is 8.08. The molecule has 1 amide bonds. The molecular weight excluding hydrogens is 379 g/mol. The fourth-order valence-electron chi connectivity index (χ4n) is 5.01. The summed E-state index contributed by atoms with van der Waals surface area (Å²) in [6, 6.07) is 13.9. The summed E-state index contributed by atoms with van der Waals surface area (Å²) in [6.45, 7) is 0.321. The van der Waals surface area contributed by atoms with E-state index in [0.29, 0.717) is 24.1 Å². The Labute approximate surface area is 168 Å². The molecule has 0 radical (unpaired) electrons. The Balaban J connectivity index is 1.67. The number of benzene rings is 2. The number of likely N-dealkylation sites (tertiary alicyclic amines) is 1. The SMILES string of the molecule is O=C(c1ccccc1)N1CC[C@](O)(c2cccc(C(F)(F)F)c2)[C@H]2CCCC[C@@H]21. The third kappa shape index (κ3) is 3.66. The number of hydrogen-bond donors (Lipinski definition) is 1. The summed E-state index contributed by atoms with van der Waals surface area (Å²) in [5.41, 5.74) is -1.21. The van der Waals surface area contributed by atoms with Gasteiger partial charge in [0.2, 0.25) is 0 Å². The molecule has 4 rings (SSSR count). The third-order valence-corrected chi connectivity index (χ3v) is 6.45. The largest absolute Gasteiger partial charge is 0.416 e. The van der Waals surface area contributed by atoms with Crippen LogP contribution in [-0.2, 0) is 11.8 Å². The van der Waals surface area contributed by atoms with Crippen molar-refractivity contribution in [3.05, 3.63) is 71.3 Å². The van der Waals surface area contributed by atoms with Crippen LogP contribution < -0.4 is 0 Å². The van der Waals surface area contributed by atoms with Crippen molar-refractivity contribution in [2.75, 3.05) is 6.54 Å². The number of nitrogens with zero attached hydrogens (tertiary/aromatic N) is 1. The Kier molecular flexibility index (Phi) is 5.15. The molecule has 3 atom stereocenters. The van der Waals surface area contributed by atoms with Crippen molar-refractivity contribution in [1.29, 1.82) is 0 Å². The van der Waals surface area contributed by atoms with E-state index >= 15 is 0 Å². The van der Waals surface area contributed by atoms with Gasteiger partial charge in [-0.3, -0.25) is 4.79 Å². The van der Waals surface area contributed by atoms with E-state index in [1.165, 1.54) is 6.07 Å². The van der Waals surface area contributed by atoms with E-state index in [2.05, 4.69) is 0 Å². The molecule has 2 aliphatic rings. The zero-order valence-electron chi connectivity index (χ0n) is 16.0. The van der Waals surface area contributed by atoms with Crippen LogP contribution in [0.5, 0.6) is 0 Å². The lowest BCUT2D eigenvalue weighted by molar-refractivity contribution is -0.138. The van der Waals surface area contributed by atoms with Gasteiger partial charge in [-0.25, -0.2) is 0 Å². The van der Waals surface area contributed by atoms with Crippen molar-refractivity contribution in [2.45, 2.75) is 49.9 Å². The number of halogens is 3. The quantitative estimate of drug-likeness (QED) is 0.767. The molecule has 0 spiro atoms. The molecule has 154 valence electrons. The first kappa shape index (κ1) is 20.0. The van der Waals surface area contributed by atoms with Crippen LogP contribution in [0.1, 0.15) is 53.6 Å². The smallest absolute Gasteiger partial charge is 0.385 e. The van der Waals surface area contributed by atoms with Gasteiger partial charge in [-0.05, 0) is 49.1 Å². The lowest BCUT2D eigenvalue weighted by Gasteiger charge is -2.52. The second-order valence-corrected chi connectivity index (χ2v) is 8.08. The van der Waals surface area contributed by atoms with Crippen molar-refractivity contribution in [3.8, 4) is 0 Å². The molecule has 1 saturated heterocycles. The van der Waals surface area contributed by atoms with Gasteiger partial charge >= 0.3 is 6.18 Å². The summed E-state index contributed by atoms with van der Waals surface area (Å²) in [4.78, 5) is 14.9. The summed E-state index contributed by atoms with van der Waals surface area (Å²) in [5, 5.41) is 11.6. The van der Waals surface area contributed by atoms with Crippen LogP contribution in [-0.4, -0.2) is 28.5 Å². The molecule has 0 aromatic heterocycles. The van der Waals surface area contributed by atoms with E-state index in [1.807, 2.05) is 23.1 Å². The zero-order valence-corrected chi connectivity index (χ0v) is 16.0. The molecule has 1 aliphatic heterocycles. The molecule has 2 aromatic carbocycles. The van der Waals surface area contributed by atoms with Gasteiger partial charge in [-0.15, -0.1) is 0 Å². The number of hydrogen-bond acceptors (Lipinski definition) is 2. The van der Waals surface area contributed by atoms with E-state index in [-0.39, 0.29) is 24.3 Å². The minimum absolute atomic E-state index is 0.0754. The van der Waals surface area contributed by atoms with Crippen LogP contribution in [0, 0.1) is 5.92 Å². The average molecular weight is 403 g/mol. The molecule has 1 heterocycles. The highest BCUT2D eigenvalue weighted by Gasteiger charge is 2.50. The highest BCUT2D eigenvalue weighted by Crippen LogP contribution is 2.48. The molecule has 1 aliphatic carbocycles. The molecule has 2 aromatic rings. The standard InChI is InChI=1S/C23H24F3NO2/c24-23(25,26)18-10-6-9-17(15-18)22(29)13-14-27(20-12-5-4-11-19(20)22)21(28)16-7-2-1-3-8-16/h1-3,6-10,15,19-20,29H,4-5,11-14H2/t19-,20-,22-/m0/s1. The molecule has 3 nitrogen and oxygen atoms in total. The Bertz CT molecular complexity index is 883. The summed E-state index contributed by atoms with van der Waals surface area (Å²) in [7, 11) is 0. The molecular formula is C23H24F3NO2. The average Bonchev–Trinajstić information content (AvgIpc) is 2.74. The van der Waals surface area contributed by atoms with Gasteiger partial charge in [0, 0.05) is 24.1 Å². The summed E-state index contributed by atoms with van der Waals surface area (Å²) in [5.74, 6) is -0.352. The molecule has 29 heavy (non-hydrogen) atoms. The van der Waals surface area contributed by atoms with E-state index in [0.717, 1.165) is 31.4 Å². The first-order chi connectivity index (χ1) is 13.8. The third-order valence-electron chi connectivity index (χ3n) is 6.45. The number of fused-ring (bicyclic) bond motifs is 1. The maximum absolute atomic E-state index is 13.2. The van der Waals surface area contributed by atoms with Crippen LogP contribution in [0.4, 0.5) is 13.2 Å². The molecule has 1 saturated carbocycles. The predicted octanol–water partition coefficient (Wildman–Crippen LogP) is 5.00. The second kappa shape index (κ2) is 7.48. The predicted molar refractivity (Wildman–Crippen MR) is 103 cm³/mol. The number of piperidine rings is 1. The van der Waals surface area contributed by atoms with Crippen molar-refractivity contribution in [1.82, 2.24) is 4.90 Å². The fraction of sp³-hybridized carbons (Fsp3) is 0.435. The van der Waals surface area contributed by atoms with Crippen molar-refractivity contribution >= 4 is 5.91 Å². The Morgan fingerprint density at radius 2 is 1.76 bits per heavy atom. The molecule has 0 unspecified atom stereocenters. The maximum atomic E-state index is 13.2. The fourth-order valence-corrected chi connectivity index (χ4v) is 5.01. The van der Waals surface area contributed by atoms with Crippen LogP contribution in [0.25, 0.3) is 0 Å². The first-order valence-corrected chi connectivity index (χ1v) is 10.1. The van der Waals surface area contributed by atoms with Gasteiger partial charge < -0.3 is 10.0 Å². The monoisotopic (exact) mass is 403 g/mol. The number of alkyl halides is 3. The van der Waals surface area contributed by atoms with Crippen molar-refractivity contribution in [2.24, 2.45) is 5.92 Å². The van der Waals surface area contributed by atoms with Crippen LogP contribution >= 0.6 is 0 Å². The lowest BCUT2D eigenvalue weighted by Crippen LogP contribution is -2.59. The summed E-state index contributed by atoms with van der Waals surface area (Å²) in [6.07, 6.45) is -0.939. The van der Waals surface area contributed by atoms with Gasteiger partial charge in [0.15, 0.2) is 0 Å². The van der Waals surface area contributed by atoms with Gasteiger partial charge in [0.25, 0.3) is 5.91 Å². The minimum Gasteiger partial charge on any atom is -0.385 e. The number of aliphatic hydroxyl groups is 1. The topological polar surface area (TPSA) is 40.5 Å². The molecule has 2 fully saturated rings. The van der Waals surface area contributed by atoms with E-state index in [4.69, 9.17) is 0 Å². The first-order valence-electron chi connectivity index (χ1n) is 10.1. The Morgan fingerprint density at radius 1 is 1.03 bits per heavy atom. The van der Waals surface area contributed by atoms with E-state index in [1.54, 1.807) is 18.2 Å². The number of carbonyl (C=O) groups is 1. The normalized spacial score (nSPS) is 27.4. The Hall–Kier alpha value is -2.34. The van der Waals surface area contributed by atoms with E-state index < -0.39 is 17.3 Å². The molecule has 0 bridgehead atoms. The van der Waals surface area contributed by atoms with Crippen molar-refractivity contribution in [3.63, 3.8) is 0 Å². The minimum atomic E-state index is -4.46. The van der Waals surface area contributed by atoms with Crippen LogP contribution in [0.2, 0.25) is 0 Å². The van der Waals surface area contributed by atoms with Crippen LogP contribution in [0.3, 0.4) is 0 Å². The molecule has 6 heteroatoms. The zero-order chi connectivity index (χ0) is 20.6. The molecule has 1 N–H and O–H groups in total. The Morgan fingerprint density at radius 3 is 2.48 bits per heavy atom. The summed E-state index contributed by atoms with van der Waals surface area (Å²) >= 11 is 0. The van der Waals surface area contributed by atoms with Gasteiger partial charge in [-0.2, -0.15) is 13.2 Å². The van der Waals surface area contributed by atoms with Crippen LogP contribution in [0.15, 0.2) is 54.6 Å². The maximum Gasteiger partial charge on any atom is 0.416 e. The van der Waals surface area contributed by atoms with Gasteiger partial charge in [0.1, 0.15) is 0 Å². The van der Waals surface area contributed by atoms with Crippen molar-refractivity contribution < 1.29 is 23.1 Å². The van der Waals surface area contributed by atoms with Gasteiger partial charge in [-0.1, -0.05) is 43.2 Å². The van der Waals surface area contributed by atoms with Gasteiger partial charge in [0.05, 0.1) is 11.2 Å². The lowest BCUT2D eigenvalue weighted by atomic mass is 9.66. The van der Waals surface area contributed by atoms with E-state index in [9.17, 15) is 23.1 Å². The highest BCUT2D eigenvalue weighted by atomic mass is 19.4. The number of carbonyl (C=O) groups excluding carboxylic acids is 1.